The summed E-state index contributed by atoms with van der Waals surface area (Å²) in [6.45, 7) is 7.38. The number of rotatable bonds is 6. The van der Waals surface area contributed by atoms with Gasteiger partial charge in [-0.15, -0.1) is 0 Å². The summed E-state index contributed by atoms with van der Waals surface area (Å²) in [7, 11) is 3.11. The van der Waals surface area contributed by atoms with Gasteiger partial charge in [-0.25, -0.2) is 4.98 Å². The van der Waals surface area contributed by atoms with E-state index in [-0.39, 0.29) is 5.91 Å². The molecule has 2 heterocycles. The number of hydrogen-bond donors (Lipinski definition) is 1. The fraction of sp³-hybridized carbons (Fsp3) is 0.450. The number of nitrogens with zero attached hydrogens (tertiary/aromatic N) is 4. The molecule has 0 aliphatic carbocycles. The van der Waals surface area contributed by atoms with Crippen molar-refractivity contribution in [3.05, 3.63) is 35.5 Å². The molecule has 28 heavy (non-hydrogen) atoms. The number of aryl methyl sites for hydroxylation is 1. The lowest BCUT2D eigenvalue weighted by Gasteiger charge is -2.35. The van der Waals surface area contributed by atoms with Crippen LogP contribution in [-0.4, -0.2) is 67.7 Å². The van der Waals surface area contributed by atoms with Crippen LogP contribution >= 0.6 is 0 Å². The van der Waals surface area contributed by atoms with Crippen LogP contribution in [0, 0.1) is 6.92 Å². The highest BCUT2D eigenvalue weighted by atomic mass is 16.5. The minimum Gasteiger partial charge on any atom is -0.493 e. The van der Waals surface area contributed by atoms with E-state index in [2.05, 4.69) is 20.2 Å². The first-order valence-electron chi connectivity index (χ1n) is 9.42. The third-order valence-corrected chi connectivity index (χ3v) is 4.70. The van der Waals surface area contributed by atoms with Gasteiger partial charge in [0.1, 0.15) is 5.82 Å². The zero-order valence-corrected chi connectivity index (χ0v) is 16.9. The van der Waals surface area contributed by atoms with E-state index in [1.165, 1.54) is 0 Å². The van der Waals surface area contributed by atoms with Gasteiger partial charge in [-0.05, 0) is 26.0 Å². The van der Waals surface area contributed by atoms with Gasteiger partial charge < -0.3 is 24.6 Å². The largest absolute Gasteiger partial charge is 0.493 e. The molecule has 0 unspecified atom stereocenters. The Morgan fingerprint density at radius 3 is 2.54 bits per heavy atom. The molecule has 0 radical (unpaired) electrons. The Morgan fingerprint density at radius 2 is 1.89 bits per heavy atom. The van der Waals surface area contributed by atoms with Crippen LogP contribution in [0.15, 0.2) is 24.3 Å². The Bertz CT molecular complexity index is 835. The third kappa shape index (κ3) is 4.11. The molecule has 1 aliphatic rings. The average Bonchev–Trinajstić information content (AvgIpc) is 2.72. The van der Waals surface area contributed by atoms with Crippen molar-refractivity contribution < 1.29 is 14.3 Å². The summed E-state index contributed by atoms with van der Waals surface area (Å²) in [5.41, 5.74) is 1.43. The summed E-state index contributed by atoms with van der Waals surface area (Å²) in [4.78, 5) is 26.0. The van der Waals surface area contributed by atoms with Crippen molar-refractivity contribution in [1.29, 1.82) is 0 Å². The molecule has 0 bridgehead atoms. The Morgan fingerprint density at radius 1 is 1.14 bits per heavy atom. The van der Waals surface area contributed by atoms with Crippen LogP contribution in [0.4, 0.5) is 11.8 Å². The first-order valence-corrected chi connectivity index (χ1v) is 9.42. The van der Waals surface area contributed by atoms with E-state index in [4.69, 9.17) is 9.47 Å². The molecule has 150 valence electrons. The normalized spacial score (nSPS) is 14.0. The van der Waals surface area contributed by atoms with Gasteiger partial charge in [0.2, 0.25) is 5.95 Å². The lowest BCUT2D eigenvalue weighted by molar-refractivity contribution is 0.0742. The van der Waals surface area contributed by atoms with Crippen LogP contribution in [0.5, 0.6) is 11.5 Å². The summed E-state index contributed by atoms with van der Waals surface area (Å²) in [6, 6.07) is 7.33. The number of methoxy groups -OCH3 is 2. The maximum Gasteiger partial charge on any atom is 0.257 e. The van der Waals surface area contributed by atoms with Gasteiger partial charge >= 0.3 is 0 Å². The molecule has 1 fully saturated rings. The van der Waals surface area contributed by atoms with Crippen LogP contribution in [0.2, 0.25) is 0 Å². The second-order valence-corrected chi connectivity index (χ2v) is 6.54. The lowest BCUT2D eigenvalue weighted by Crippen LogP contribution is -2.49. The molecule has 1 saturated heterocycles. The van der Waals surface area contributed by atoms with Gasteiger partial charge in [0, 0.05) is 44.5 Å². The standard InChI is InChI=1S/C20H27N5O3/c1-5-21-20-22-14(2)13-17(23-20)24-9-11-25(12-10-24)19(26)15-7-6-8-16(27-3)18(15)28-4/h6-8,13H,5,9-12H2,1-4H3,(H,21,22,23). The second kappa shape index (κ2) is 8.77. The average molecular weight is 385 g/mol. The summed E-state index contributed by atoms with van der Waals surface area (Å²) >= 11 is 0. The SMILES string of the molecule is CCNc1nc(C)cc(N2CCN(C(=O)c3cccc(OC)c3OC)CC2)n1. The molecule has 0 saturated carbocycles. The number of amides is 1. The third-order valence-electron chi connectivity index (χ3n) is 4.70. The highest BCUT2D eigenvalue weighted by molar-refractivity contribution is 5.98. The molecule has 1 aromatic carbocycles. The van der Waals surface area contributed by atoms with E-state index in [9.17, 15) is 4.79 Å². The van der Waals surface area contributed by atoms with Crippen molar-refractivity contribution in [3.8, 4) is 11.5 Å². The first-order chi connectivity index (χ1) is 13.6. The van der Waals surface area contributed by atoms with E-state index < -0.39 is 0 Å². The zero-order valence-electron chi connectivity index (χ0n) is 16.9. The molecule has 1 N–H and O–H groups in total. The fourth-order valence-electron chi connectivity index (χ4n) is 3.32. The van der Waals surface area contributed by atoms with Gasteiger partial charge in [-0.2, -0.15) is 4.98 Å². The number of piperazine rings is 1. The molecule has 2 aromatic rings. The molecule has 1 aromatic heterocycles. The Balaban J connectivity index is 1.71. The molecule has 1 amide bonds. The molecule has 3 rings (SSSR count). The number of hydrogen-bond acceptors (Lipinski definition) is 7. The van der Waals surface area contributed by atoms with Crippen LogP contribution in [0.3, 0.4) is 0 Å². The van der Waals surface area contributed by atoms with Gasteiger partial charge in [-0.1, -0.05) is 6.07 Å². The Hall–Kier alpha value is -3.03. The van der Waals surface area contributed by atoms with Crippen LogP contribution in [0.25, 0.3) is 0 Å². The van der Waals surface area contributed by atoms with E-state index in [0.717, 1.165) is 18.1 Å². The fourth-order valence-corrected chi connectivity index (χ4v) is 3.32. The molecule has 0 spiro atoms. The number of anilines is 2. The topological polar surface area (TPSA) is 79.8 Å². The number of para-hydroxylation sites is 1. The molecule has 1 aliphatic heterocycles. The summed E-state index contributed by atoms with van der Waals surface area (Å²) in [5.74, 6) is 2.49. The van der Waals surface area contributed by atoms with Crippen molar-refractivity contribution >= 4 is 17.7 Å². The first kappa shape index (κ1) is 19.7. The number of aromatic nitrogens is 2. The quantitative estimate of drug-likeness (QED) is 0.816. The number of carbonyl (C=O) groups is 1. The minimum absolute atomic E-state index is 0.0531. The van der Waals surface area contributed by atoms with Crippen LogP contribution in [0.1, 0.15) is 23.0 Å². The maximum atomic E-state index is 13.0. The number of benzene rings is 1. The van der Waals surface area contributed by atoms with E-state index in [1.807, 2.05) is 24.8 Å². The van der Waals surface area contributed by atoms with Crippen LogP contribution in [-0.2, 0) is 0 Å². The number of ether oxygens (including phenoxy) is 2. The molecule has 0 atom stereocenters. The Labute approximate surface area is 165 Å². The maximum absolute atomic E-state index is 13.0. The number of nitrogens with one attached hydrogen (secondary N) is 1. The molecule has 8 heteroatoms. The van der Waals surface area contributed by atoms with Crippen molar-refractivity contribution in [2.24, 2.45) is 0 Å². The summed E-state index contributed by atoms with van der Waals surface area (Å²) in [6.07, 6.45) is 0. The van der Waals surface area contributed by atoms with Crippen molar-refractivity contribution in [3.63, 3.8) is 0 Å². The van der Waals surface area contributed by atoms with Gasteiger partial charge in [0.05, 0.1) is 19.8 Å². The molecular weight excluding hydrogens is 358 g/mol. The van der Waals surface area contributed by atoms with Crippen molar-refractivity contribution in [2.75, 3.05) is 57.2 Å². The lowest BCUT2D eigenvalue weighted by atomic mass is 10.1. The Kier molecular flexibility index (Phi) is 6.18. The monoisotopic (exact) mass is 385 g/mol. The van der Waals surface area contributed by atoms with E-state index in [0.29, 0.717) is 49.2 Å². The van der Waals surface area contributed by atoms with Crippen LogP contribution < -0.4 is 19.7 Å². The second-order valence-electron chi connectivity index (χ2n) is 6.54. The molecular formula is C20H27N5O3. The van der Waals surface area contributed by atoms with Gasteiger partial charge in [-0.3, -0.25) is 4.79 Å². The minimum atomic E-state index is -0.0531. The predicted octanol–water partition coefficient (Wildman–Crippen LogP) is 2.20. The molecule has 8 nitrogen and oxygen atoms in total. The van der Waals surface area contributed by atoms with Crippen molar-refractivity contribution in [1.82, 2.24) is 14.9 Å². The van der Waals surface area contributed by atoms with Crippen molar-refractivity contribution in [2.45, 2.75) is 13.8 Å². The highest BCUT2D eigenvalue weighted by Gasteiger charge is 2.26. The summed E-state index contributed by atoms with van der Waals surface area (Å²) in [5, 5.41) is 3.16. The van der Waals surface area contributed by atoms with E-state index >= 15 is 0 Å². The van der Waals surface area contributed by atoms with Gasteiger partial charge in [0.25, 0.3) is 5.91 Å². The predicted molar refractivity (Wildman–Crippen MR) is 109 cm³/mol. The highest BCUT2D eigenvalue weighted by Crippen LogP contribution is 2.31. The smallest absolute Gasteiger partial charge is 0.257 e. The zero-order chi connectivity index (χ0) is 20.1. The number of carbonyl (C=O) groups excluding carboxylic acids is 1. The van der Waals surface area contributed by atoms with E-state index in [1.54, 1.807) is 32.4 Å². The van der Waals surface area contributed by atoms with Gasteiger partial charge in [0.15, 0.2) is 11.5 Å². The summed E-state index contributed by atoms with van der Waals surface area (Å²) < 4.78 is 10.7.